The van der Waals surface area contributed by atoms with E-state index in [1.54, 1.807) is 6.07 Å². The molecule has 0 spiro atoms. The lowest BCUT2D eigenvalue weighted by atomic mass is 9.99. The van der Waals surface area contributed by atoms with Gasteiger partial charge in [-0.05, 0) is 22.8 Å². The largest absolute Gasteiger partial charge is 0.387 e. The molecule has 6 nitrogen and oxygen atoms in total. The van der Waals surface area contributed by atoms with Crippen molar-refractivity contribution in [2.24, 2.45) is 0 Å². The third-order valence-corrected chi connectivity index (χ3v) is 4.14. The van der Waals surface area contributed by atoms with Crippen molar-refractivity contribution >= 4 is 18.1 Å². The predicted octanol–water partition coefficient (Wildman–Crippen LogP) is 1.52. The lowest BCUT2D eigenvalue weighted by molar-refractivity contribution is -0.144. The highest BCUT2D eigenvalue weighted by molar-refractivity contribution is 5.80. The predicted molar refractivity (Wildman–Crippen MR) is 91.4 cm³/mol. The topological polar surface area (TPSA) is 99.0 Å². The second-order valence-corrected chi connectivity index (χ2v) is 5.85. The number of carbonyl (C=O) groups excluding carboxylic acids is 1. The summed E-state index contributed by atoms with van der Waals surface area (Å²) in [4.78, 5) is 11.5. The van der Waals surface area contributed by atoms with Crippen molar-refractivity contribution < 1.29 is 25.0 Å². The van der Waals surface area contributed by atoms with Gasteiger partial charge in [-0.2, -0.15) is 0 Å². The fourth-order valence-corrected chi connectivity index (χ4v) is 2.83. The Labute approximate surface area is 145 Å². The first-order chi connectivity index (χ1) is 12.1. The SMILES string of the molecule is O=C(NO)[C@H]1O[C@@H](c2cccc(/C=C/c3ccccc3)c2)[C@@H](O)[C@H]1O. The number of hydrogen-bond acceptors (Lipinski definition) is 5. The van der Waals surface area contributed by atoms with Crippen molar-refractivity contribution in [3.8, 4) is 0 Å². The smallest absolute Gasteiger partial charge is 0.275 e. The lowest BCUT2D eigenvalue weighted by Gasteiger charge is -2.15. The van der Waals surface area contributed by atoms with E-state index in [9.17, 15) is 15.0 Å². The molecule has 0 bridgehead atoms. The van der Waals surface area contributed by atoms with Crippen molar-refractivity contribution in [2.75, 3.05) is 0 Å². The van der Waals surface area contributed by atoms with Gasteiger partial charge in [0.25, 0.3) is 5.91 Å². The maximum atomic E-state index is 11.5. The van der Waals surface area contributed by atoms with Gasteiger partial charge in [0.1, 0.15) is 18.3 Å². The number of hydrogen-bond donors (Lipinski definition) is 4. The van der Waals surface area contributed by atoms with Crippen LogP contribution in [0.1, 0.15) is 22.8 Å². The molecule has 2 aromatic rings. The van der Waals surface area contributed by atoms with E-state index in [4.69, 9.17) is 9.94 Å². The Hall–Kier alpha value is -2.51. The van der Waals surface area contributed by atoms with Crippen LogP contribution >= 0.6 is 0 Å². The first kappa shape index (κ1) is 17.3. The highest BCUT2D eigenvalue weighted by Crippen LogP contribution is 2.34. The summed E-state index contributed by atoms with van der Waals surface area (Å²) in [6, 6.07) is 17.1. The van der Waals surface area contributed by atoms with Gasteiger partial charge in [-0.1, -0.05) is 60.7 Å². The molecular formula is C19H19NO5. The molecule has 130 valence electrons. The average Bonchev–Trinajstić information content (AvgIpc) is 2.96. The highest BCUT2D eigenvalue weighted by atomic mass is 16.6. The summed E-state index contributed by atoms with van der Waals surface area (Å²) >= 11 is 0. The number of ether oxygens (including phenoxy) is 1. The van der Waals surface area contributed by atoms with Crippen LogP contribution in [-0.4, -0.2) is 39.6 Å². The molecule has 6 heteroatoms. The number of rotatable bonds is 4. The number of hydroxylamine groups is 1. The van der Waals surface area contributed by atoms with E-state index >= 15 is 0 Å². The molecule has 1 saturated heterocycles. The second kappa shape index (κ2) is 7.58. The normalized spacial score (nSPS) is 26.0. The summed E-state index contributed by atoms with van der Waals surface area (Å²) in [5.74, 6) is -0.894. The number of benzene rings is 2. The highest BCUT2D eigenvalue weighted by Gasteiger charge is 2.46. The molecule has 1 aliphatic rings. The molecule has 1 aliphatic heterocycles. The lowest BCUT2D eigenvalue weighted by Crippen LogP contribution is -2.41. The molecule has 25 heavy (non-hydrogen) atoms. The summed E-state index contributed by atoms with van der Waals surface area (Å²) in [5.41, 5.74) is 4.01. The van der Waals surface area contributed by atoms with E-state index < -0.39 is 30.3 Å². The zero-order chi connectivity index (χ0) is 17.8. The molecule has 3 rings (SSSR count). The fraction of sp³-hybridized carbons (Fsp3) is 0.211. The Balaban J connectivity index is 1.80. The van der Waals surface area contributed by atoms with Crippen LogP contribution in [0.3, 0.4) is 0 Å². The summed E-state index contributed by atoms with van der Waals surface area (Å²) in [7, 11) is 0. The number of amides is 1. The van der Waals surface area contributed by atoms with Crippen LogP contribution in [0, 0.1) is 0 Å². The van der Waals surface area contributed by atoms with Gasteiger partial charge in [0.15, 0.2) is 6.10 Å². The van der Waals surface area contributed by atoms with Gasteiger partial charge in [0, 0.05) is 0 Å². The Kier molecular flexibility index (Phi) is 5.25. The Morgan fingerprint density at radius 3 is 2.36 bits per heavy atom. The average molecular weight is 341 g/mol. The van der Waals surface area contributed by atoms with Gasteiger partial charge >= 0.3 is 0 Å². The summed E-state index contributed by atoms with van der Waals surface area (Å²) in [6.45, 7) is 0. The minimum Gasteiger partial charge on any atom is -0.387 e. The van der Waals surface area contributed by atoms with E-state index in [1.165, 1.54) is 5.48 Å². The molecule has 0 saturated carbocycles. The molecule has 0 aliphatic carbocycles. The molecule has 0 unspecified atom stereocenters. The molecule has 4 atom stereocenters. The van der Waals surface area contributed by atoms with Gasteiger partial charge in [0.2, 0.25) is 0 Å². The van der Waals surface area contributed by atoms with E-state index in [0.29, 0.717) is 5.56 Å². The van der Waals surface area contributed by atoms with Crippen LogP contribution in [0.4, 0.5) is 0 Å². The molecule has 1 heterocycles. The number of carbonyl (C=O) groups is 1. The molecule has 0 radical (unpaired) electrons. The van der Waals surface area contributed by atoms with E-state index in [2.05, 4.69) is 0 Å². The standard InChI is InChI=1S/C19H19NO5/c21-15-16(22)18(19(23)20-24)25-17(15)14-8-4-7-13(11-14)10-9-12-5-2-1-3-6-12/h1-11,15-18,21-22,24H,(H,20,23)/b10-9+/t15-,16+,17-,18-/m0/s1. The number of aliphatic hydroxyl groups excluding tert-OH is 2. The Morgan fingerprint density at radius 1 is 0.960 bits per heavy atom. The van der Waals surface area contributed by atoms with E-state index in [1.807, 2.05) is 60.7 Å². The van der Waals surface area contributed by atoms with E-state index in [-0.39, 0.29) is 0 Å². The molecule has 1 amide bonds. The van der Waals surface area contributed by atoms with Crippen LogP contribution in [0.5, 0.6) is 0 Å². The second-order valence-electron chi connectivity index (χ2n) is 5.85. The summed E-state index contributed by atoms with van der Waals surface area (Å²) in [6.07, 6.45) is -0.983. The van der Waals surface area contributed by atoms with Crippen molar-refractivity contribution in [1.29, 1.82) is 0 Å². The van der Waals surface area contributed by atoms with Gasteiger partial charge in [0.05, 0.1) is 0 Å². The quantitative estimate of drug-likeness (QED) is 0.384. The summed E-state index contributed by atoms with van der Waals surface area (Å²) in [5, 5.41) is 28.8. The third-order valence-electron chi connectivity index (χ3n) is 4.14. The van der Waals surface area contributed by atoms with Gasteiger partial charge in [-0.15, -0.1) is 0 Å². The minimum atomic E-state index is -1.42. The summed E-state index contributed by atoms with van der Waals surface area (Å²) < 4.78 is 5.45. The van der Waals surface area contributed by atoms with Crippen LogP contribution in [0.25, 0.3) is 12.2 Å². The van der Waals surface area contributed by atoms with Crippen molar-refractivity contribution in [1.82, 2.24) is 5.48 Å². The Bertz CT molecular complexity index is 761. The van der Waals surface area contributed by atoms with Crippen LogP contribution in [0.2, 0.25) is 0 Å². The first-order valence-corrected chi connectivity index (χ1v) is 7.89. The zero-order valence-electron chi connectivity index (χ0n) is 13.3. The molecule has 0 aromatic heterocycles. The Morgan fingerprint density at radius 2 is 1.64 bits per heavy atom. The van der Waals surface area contributed by atoms with Gasteiger partial charge < -0.3 is 14.9 Å². The third kappa shape index (κ3) is 3.78. The monoisotopic (exact) mass is 341 g/mol. The van der Waals surface area contributed by atoms with Crippen LogP contribution in [-0.2, 0) is 9.53 Å². The minimum absolute atomic E-state index is 0.634. The van der Waals surface area contributed by atoms with Crippen LogP contribution in [0.15, 0.2) is 54.6 Å². The zero-order valence-corrected chi connectivity index (χ0v) is 13.3. The van der Waals surface area contributed by atoms with Crippen molar-refractivity contribution in [2.45, 2.75) is 24.4 Å². The van der Waals surface area contributed by atoms with Gasteiger partial charge in [-0.3, -0.25) is 10.0 Å². The number of nitrogens with one attached hydrogen (secondary N) is 1. The maximum Gasteiger partial charge on any atom is 0.275 e. The number of aliphatic hydroxyl groups is 2. The first-order valence-electron chi connectivity index (χ1n) is 7.89. The van der Waals surface area contributed by atoms with Crippen molar-refractivity contribution in [3.05, 3.63) is 71.3 Å². The molecule has 1 fully saturated rings. The van der Waals surface area contributed by atoms with Gasteiger partial charge in [-0.25, -0.2) is 5.48 Å². The molecular weight excluding hydrogens is 322 g/mol. The molecule has 4 N–H and O–H groups in total. The van der Waals surface area contributed by atoms with Crippen molar-refractivity contribution in [3.63, 3.8) is 0 Å². The maximum absolute atomic E-state index is 11.5. The van der Waals surface area contributed by atoms with E-state index in [0.717, 1.165) is 11.1 Å². The molecule has 2 aromatic carbocycles. The fourth-order valence-electron chi connectivity index (χ4n) is 2.83. The van der Waals surface area contributed by atoms with Crippen LogP contribution < -0.4 is 5.48 Å².